The molecule has 0 saturated heterocycles. The molecule has 1 N–H and O–H groups in total. The summed E-state index contributed by atoms with van der Waals surface area (Å²) in [5.41, 5.74) is 0.623. The highest BCUT2D eigenvalue weighted by molar-refractivity contribution is 7.13. The molecule has 3 aromatic rings. The lowest BCUT2D eigenvalue weighted by Gasteiger charge is -2.05. The van der Waals surface area contributed by atoms with Crippen molar-refractivity contribution in [3.05, 3.63) is 35.7 Å². The van der Waals surface area contributed by atoms with E-state index < -0.39 is 0 Å². The first-order chi connectivity index (χ1) is 11.3. The summed E-state index contributed by atoms with van der Waals surface area (Å²) in [5.74, 6) is 1.54. The van der Waals surface area contributed by atoms with Crippen molar-refractivity contribution < 1.29 is 14.3 Å². The number of hydrogen-bond acceptors (Lipinski definition) is 7. The maximum atomic E-state index is 12.1. The molecule has 1 amide bonds. The van der Waals surface area contributed by atoms with E-state index >= 15 is 0 Å². The number of hydrogen-bond donors (Lipinski definition) is 1. The zero-order chi connectivity index (χ0) is 15.6. The van der Waals surface area contributed by atoms with Crippen molar-refractivity contribution in [1.29, 1.82) is 0 Å². The first kappa shape index (κ1) is 13.7. The second-order valence-corrected chi connectivity index (χ2v) is 5.68. The van der Waals surface area contributed by atoms with E-state index in [0.29, 0.717) is 23.0 Å². The van der Waals surface area contributed by atoms with Gasteiger partial charge in [-0.25, -0.2) is 0 Å². The summed E-state index contributed by atoms with van der Waals surface area (Å²) in [6.45, 7) is 0.175. The van der Waals surface area contributed by atoms with Gasteiger partial charge in [0.1, 0.15) is 6.54 Å². The molecule has 1 aromatic carbocycles. The molecule has 9 heteroatoms. The minimum atomic E-state index is -0.251. The largest absolute Gasteiger partial charge is 0.454 e. The molecule has 4 rings (SSSR count). The van der Waals surface area contributed by atoms with Gasteiger partial charge in [-0.3, -0.25) is 4.79 Å². The van der Waals surface area contributed by atoms with Crippen LogP contribution in [0.25, 0.3) is 10.7 Å². The standard InChI is InChI=1S/C14H11N5O3S/c20-13(15-9-3-4-10-11(6-9)22-8-21-10)7-19-17-14(16-18-19)12-2-1-5-23-12/h1-6H,7-8H2,(H,15,20). The Morgan fingerprint density at radius 3 is 3.09 bits per heavy atom. The number of fused-ring (bicyclic) bond motifs is 1. The number of nitrogens with zero attached hydrogens (tertiary/aromatic N) is 4. The summed E-state index contributed by atoms with van der Waals surface area (Å²) in [7, 11) is 0. The van der Waals surface area contributed by atoms with Crippen LogP contribution in [0.2, 0.25) is 0 Å². The van der Waals surface area contributed by atoms with E-state index in [4.69, 9.17) is 9.47 Å². The van der Waals surface area contributed by atoms with Gasteiger partial charge in [-0.2, -0.15) is 4.80 Å². The summed E-state index contributed by atoms with van der Waals surface area (Å²) >= 11 is 1.52. The molecule has 0 atom stereocenters. The van der Waals surface area contributed by atoms with E-state index in [1.165, 1.54) is 16.1 Å². The monoisotopic (exact) mass is 329 g/mol. The number of thiophene rings is 1. The third-order valence-electron chi connectivity index (χ3n) is 3.14. The molecule has 0 radical (unpaired) electrons. The minimum absolute atomic E-state index is 0.0210. The van der Waals surface area contributed by atoms with Crippen LogP contribution in [-0.2, 0) is 11.3 Å². The first-order valence-corrected chi connectivity index (χ1v) is 7.67. The van der Waals surface area contributed by atoms with Gasteiger partial charge in [0.25, 0.3) is 0 Å². The Bertz CT molecular complexity index is 846. The Morgan fingerprint density at radius 1 is 1.30 bits per heavy atom. The summed E-state index contributed by atoms with van der Waals surface area (Å²) in [4.78, 5) is 14.2. The van der Waals surface area contributed by atoms with E-state index in [-0.39, 0.29) is 19.2 Å². The van der Waals surface area contributed by atoms with E-state index in [0.717, 1.165) is 4.88 Å². The van der Waals surface area contributed by atoms with Crippen molar-refractivity contribution in [3.8, 4) is 22.2 Å². The topological polar surface area (TPSA) is 91.2 Å². The lowest BCUT2D eigenvalue weighted by molar-refractivity contribution is -0.117. The van der Waals surface area contributed by atoms with Crippen molar-refractivity contribution in [1.82, 2.24) is 20.2 Å². The molecule has 3 heterocycles. The molecule has 1 aliphatic rings. The highest BCUT2D eigenvalue weighted by Gasteiger charge is 2.15. The summed E-state index contributed by atoms with van der Waals surface area (Å²) in [6, 6.07) is 9.02. The Morgan fingerprint density at radius 2 is 2.22 bits per heavy atom. The molecular weight excluding hydrogens is 318 g/mol. The molecule has 23 heavy (non-hydrogen) atoms. The van der Waals surface area contributed by atoms with Crippen LogP contribution in [0, 0.1) is 0 Å². The number of benzene rings is 1. The Labute approximate surface area is 134 Å². The molecule has 2 aromatic heterocycles. The van der Waals surface area contributed by atoms with Crippen LogP contribution in [0.4, 0.5) is 5.69 Å². The smallest absolute Gasteiger partial charge is 0.248 e. The third-order valence-corrected chi connectivity index (χ3v) is 4.00. The van der Waals surface area contributed by atoms with Crippen LogP contribution >= 0.6 is 11.3 Å². The molecule has 0 saturated carbocycles. The molecule has 0 spiro atoms. The second-order valence-electron chi connectivity index (χ2n) is 4.74. The number of amides is 1. The lowest BCUT2D eigenvalue weighted by Crippen LogP contribution is -2.20. The van der Waals surface area contributed by atoms with Gasteiger partial charge in [0, 0.05) is 11.8 Å². The van der Waals surface area contributed by atoms with Gasteiger partial charge in [-0.1, -0.05) is 6.07 Å². The van der Waals surface area contributed by atoms with Crippen LogP contribution in [0.5, 0.6) is 11.5 Å². The van der Waals surface area contributed by atoms with Crippen molar-refractivity contribution in [2.75, 3.05) is 12.1 Å². The normalized spacial score (nSPS) is 12.3. The summed E-state index contributed by atoms with van der Waals surface area (Å²) < 4.78 is 10.5. The fraction of sp³-hybridized carbons (Fsp3) is 0.143. The van der Waals surface area contributed by atoms with Gasteiger partial charge in [0.15, 0.2) is 11.5 Å². The van der Waals surface area contributed by atoms with Gasteiger partial charge in [0.05, 0.1) is 4.88 Å². The van der Waals surface area contributed by atoms with E-state index in [1.807, 2.05) is 17.5 Å². The molecule has 0 aliphatic carbocycles. The van der Waals surface area contributed by atoms with Gasteiger partial charge >= 0.3 is 0 Å². The van der Waals surface area contributed by atoms with E-state index in [9.17, 15) is 4.79 Å². The third kappa shape index (κ3) is 2.86. The average Bonchev–Trinajstić information content (AvgIpc) is 3.27. The molecule has 0 bridgehead atoms. The van der Waals surface area contributed by atoms with Gasteiger partial charge in [-0.05, 0) is 28.8 Å². The van der Waals surface area contributed by atoms with Crippen LogP contribution in [-0.4, -0.2) is 32.9 Å². The summed E-state index contributed by atoms with van der Waals surface area (Å²) in [6.07, 6.45) is 0. The molecule has 0 unspecified atom stereocenters. The number of carbonyl (C=O) groups is 1. The summed E-state index contributed by atoms with van der Waals surface area (Å²) in [5, 5.41) is 16.7. The van der Waals surface area contributed by atoms with Crippen LogP contribution in [0.15, 0.2) is 35.7 Å². The molecule has 1 aliphatic heterocycles. The van der Waals surface area contributed by atoms with Crippen LogP contribution in [0.3, 0.4) is 0 Å². The van der Waals surface area contributed by atoms with Crippen molar-refractivity contribution >= 4 is 22.9 Å². The molecule has 0 fully saturated rings. The van der Waals surface area contributed by atoms with Crippen molar-refractivity contribution in [2.24, 2.45) is 0 Å². The molecular formula is C14H11N5O3S. The predicted molar refractivity (Wildman–Crippen MR) is 82.3 cm³/mol. The number of ether oxygens (including phenoxy) is 2. The lowest BCUT2D eigenvalue weighted by atomic mass is 10.3. The number of rotatable bonds is 4. The number of aromatic nitrogens is 4. The van der Waals surface area contributed by atoms with Gasteiger partial charge in [0.2, 0.25) is 18.5 Å². The number of anilines is 1. The maximum absolute atomic E-state index is 12.1. The zero-order valence-corrected chi connectivity index (χ0v) is 12.6. The molecule has 116 valence electrons. The van der Waals surface area contributed by atoms with Crippen LogP contribution < -0.4 is 14.8 Å². The Kier molecular flexibility index (Phi) is 3.39. The Balaban J connectivity index is 1.42. The first-order valence-electron chi connectivity index (χ1n) is 6.79. The van der Waals surface area contributed by atoms with Crippen LogP contribution in [0.1, 0.15) is 0 Å². The van der Waals surface area contributed by atoms with Crippen molar-refractivity contribution in [2.45, 2.75) is 6.54 Å². The fourth-order valence-corrected chi connectivity index (χ4v) is 2.77. The Hall–Kier alpha value is -2.94. The van der Waals surface area contributed by atoms with E-state index in [2.05, 4.69) is 20.7 Å². The SMILES string of the molecule is O=C(Cn1nnc(-c2cccs2)n1)Nc1ccc2c(c1)OCO2. The second kappa shape index (κ2) is 5.69. The highest BCUT2D eigenvalue weighted by Crippen LogP contribution is 2.34. The molecule has 8 nitrogen and oxygen atoms in total. The van der Waals surface area contributed by atoms with E-state index in [1.54, 1.807) is 18.2 Å². The fourth-order valence-electron chi connectivity index (χ4n) is 2.12. The maximum Gasteiger partial charge on any atom is 0.248 e. The van der Waals surface area contributed by atoms with Gasteiger partial charge < -0.3 is 14.8 Å². The average molecular weight is 329 g/mol. The highest BCUT2D eigenvalue weighted by atomic mass is 32.1. The number of carbonyl (C=O) groups excluding carboxylic acids is 1. The number of nitrogens with one attached hydrogen (secondary N) is 1. The minimum Gasteiger partial charge on any atom is -0.454 e. The van der Waals surface area contributed by atoms with Gasteiger partial charge in [-0.15, -0.1) is 21.5 Å². The van der Waals surface area contributed by atoms with Crippen molar-refractivity contribution in [3.63, 3.8) is 0 Å². The zero-order valence-electron chi connectivity index (χ0n) is 11.8. The predicted octanol–water partition coefficient (Wildman–Crippen LogP) is 1.77. The number of tetrazole rings is 1. The quantitative estimate of drug-likeness (QED) is 0.784.